The van der Waals surface area contributed by atoms with Crippen molar-refractivity contribution in [3.8, 4) is 0 Å². The Balaban J connectivity index is 0. The Labute approximate surface area is 51.0 Å². The van der Waals surface area contributed by atoms with Crippen molar-refractivity contribution in [2.24, 2.45) is 0 Å². The maximum Gasteiger partial charge on any atom is 0.368 e. The summed E-state index contributed by atoms with van der Waals surface area (Å²) in [6.07, 6.45) is 0. The molecule has 0 amide bonds. The van der Waals surface area contributed by atoms with Crippen LogP contribution in [0.5, 0.6) is 0 Å². The molecule has 0 fully saturated rings. The van der Waals surface area contributed by atoms with Gasteiger partial charge in [0.1, 0.15) is 0 Å². The predicted octanol–water partition coefficient (Wildman–Crippen LogP) is -7.12. The molecule has 0 unspecified atom stereocenters. The van der Waals surface area contributed by atoms with Gasteiger partial charge in [-0.05, 0) is 0 Å². The van der Waals surface area contributed by atoms with E-state index in [0.29, 0.717) is 0 Å². The van der Waals surface area contributed by atoms with Crippen LogP contribution in [-0.2, 0) is 17.1 Å². The van der Waals surface area contributed by atoms with Crippen molar-refractivity contribution in [1.29, 1.82) is 0 Å². The van der Waals surface area contributed by atoms with Gasteiger partial charge in [-0.2, -0.15) is 0 Å². The maximum absolute atomic E-state index is 8.73. The minimum Gasteiger partial charge on any atom is -0.256 e. The van der Waals surface area contributed by atoms with Crippen molar-refractivity contribution in [1.82, 2.24) is 0 Å². The van der Waals surface area contributed by atoms with Crippen molar-refractivity contribution in [2.45, 2.75) is 0 Å². The first kappa shape index (κ1) is 10.1. The summed E-state index contributed by atoms with van der Waals surface area (Å²) >= 11 is -5.69. The smallest absolute Gasteiger partial charge is 0.256 e. The molecule has 0 saturated carbocycles. The van der Waals surface area contributed by atoms with Gasteiger partial charge in [0.15, 0.2) is 0 Å². The van der Waals surface area contributed by atoms with Gasteiger partial charge in [-0.15, -0.1) is 0 Å². The van der Waals surface area contributed by atoms with E-state index in [-0.39, 0.29) is 17.1 Å². The summed E-state index contributed by atoms with van der Waals surface area (Å²) < 4.78 is 33.2. The van der Waals surface area contributed by atoms with Gasteiger partial charge < -0.3 is 0 Å². The molecule has 0 aromatic carbocycles. The topological polar surface area (TPSA) is 89.4 Å². The fraction of sp³-hybridized carbons (Fsp3) is 0. The van der Waals surface area contributed by atoms with E-state index in [2.05, 4.69) is 0 Å². The first-order valence-corrected chi connectivity index (χ1v) is 4.24. The normalized spacial score (nSPS) is 10.0. The molecule has 0 radical (unpaired) electrons. The molecule has 0 aliphatic carbocycles. The fourth-order valence-electron chi connectivity index (χ4n) is 0. The molecule has 0 aromatic rings. The molecule has 0 rings (SSSR count). The number of hydrogen-bond donors (Lipinski definition) is 1. The molecule has 0 heterocycles. The number of rotatable bonds is 0. The van der Waals surface area contributed by atoms with Gasteiger partial charge in [0.2, 0.25) is 0 Å². The Morgan fingerprint density at radius 2 is 1.17 bits per heavy atom. The molecule has 0 saturated heterocycles. The Morgan fingerprint density at radius 1 is 1.17 bits per heavy atom. The van der Waals surface area contributed by atoms with Crippen LogP contribution in [-0.4, -0.2) is 3.44 Å². The molecule has 0 aliphatic rings. The van der Waals surface area contributed by atoms with E-state index >= 15 is 0 Å². The van der Waals surface area contributed by atoms with Gasteiger partial charge in [-0.1, -0.05) is 0 Å². The van der Waals surface area contributed by atoms with Crippen molar-refractivity contribution >= 4 is 0 Å². The van der Waals surface area contributed by atoms with Crippen LogP contribution in [0, 0.1) is 0 Å². The third-order valence-electron chi connectivity index (χ3n) is 0. The molecule has 0 spiro atoms. The third kappa shape index (κ3) is 71.7. The first-order valence-electron chi connectivity index (χ1n) is 0.632. The van der Waals surface area contributed by atoms with Gasteiger partial charge in [-0.3, -0.25) is 10.3 Å². The predicted molar refractivity (Wildman–Crippen MR) is 2.22 cm³/mol. The summed E-state index contributed by atoms with van der Waals surface area (Å²) in [7, 11) is 0. The zero-order chi connectivity index (χ0) is 4.50. The Hall–Kier alpha value is 1.09. The van der Waals surface area contributed by atoms with Crippen LogP contribution in [0.25, 0.3) is 0 Å². The second-order valence-corrected chi connectivity index (χ2v) is 2.66. The van der Waals surface area contributed by atoms with Gasteiger partial charge in [0.25, 0.3) is 0 Å². The Kier molecular flexibility index (Phi) is 5.31. The van der Waals surface area contributed by atoms with Gasteiger partial charge >= 0.3 is 20.1 Å². The summed E-state index contributed by atoms with van der Waals surface area (Å²) in [5, 5.41) is 0. The molecule has 0 aliphatic heterocycles. The summed E-state index contributed by atoms with van der Waals surface area (Å²) in [5.74, 6) is 0. The number of hydrogen-bond acceptors (Lipinski definition) is 4. The molecule has 40 valence electrons. The third-order valence-corrected chi connectivity index (χ3v) is 0. The van der Waals surface area contributed by atoms with Crippen LogP contribution in [0.2, 0.25) is 0 Å². The summed E-state index contributed by atoms with van der Waals surface area (Å²) in [6.45, 7) is 0. The van der Waals surface area contributed by atoms with Gasteiger partial charge in [0, 0.05) is 20.5 Å². The zero-order valence-corrected chi connectivity index (χ0v) is 5.67. The Morgan fingerprint density at radius 3 is 1.17 bits per heavy atom. The average Bonchev–Trinajstić information content (AvgIpc) is 0.722. The standard InChI is InChI=1S/Fe.HIO4/c;2-1(3,4)5/h;2H. The SMILES string of the molecule is [Fe].[O-][I+3]([O-])([O-])O. The quantitative estimate of drug-likeness (QED) is 0.340. The minimum atomic E-state index is -5.69. The van der Waals surface area contributed by atoms with Crippen LogP contribution in [0.4, 0.5) is 0 Å². The van der Waals surface area contributed by atoms with Gasteiger partial charge in [0.05, 0.1) is 0 Å². The van der Waals surface area contributed by atoms with Crippen LogP contribution >= 0.6 is 0 Å². The van der Waals surface area contributed by atoms with E-state index < -0.39 is 20.1 Å². The second kappa shape index (κ2) is 3.14. The second-order valence-electron chi connectivity index (χ2n) is 0.396. The zero-order valence-electron chi connectivity index (χ0n) is 2.40. The maximum atomic E-state index is 8.73. The van der Waals surface area contributed by atoms with Crippen LogP contribution in [0.3, 0.4) is 0 Å². The summed E-state index contributed by atoms with van der Waals surface area (Å²) in [4.78, 5) is 0. The molecule has 0 atom stereocenters. The molecule has 1 N–H and O–H groups in total. The molecule has 4 nitrogen and oxygen atoms in total. The van der Waals surface area contributed by atoms with E-state index in [1.54, 1.807) is 0 Å². The molecule has 0 bridgehead atoms. The van der Waals surface area contributed by atoms with E-state index in [0.717, 1.165) is 0 Å². The fourth-order valence-corrected chi connectivity index (χ4v) is 0. The average molecular weight is 248 g/mol. The molecular weight excluding hydrogens is 247 g/mol. The molecule has 0 aromatic heterocycles. The first-order chi connectivity index (χ1) is 2.00. The summed E-state index contributed by atoms with van der Waals surface area (Å²) in [5.41, 5.74) is 0. The van der Waals surface area contributed by atoms with E-state index in [1.165, 1.54) is 0 Å². The van der Waals surface area contributed by atoms with Crippen molar-refractivity contribution in [2.75, 3.05) is 0 Å². The monoisotopic (exact) mass is 248 g/mol. The Bertz CT molecular complexity index is 23.0. The molecule has 6 heavy (non-hydrogen) atoms. The molecular formula is HFeIO4. The van der Waals surface area contributed by atoms with Gasteiger partial charge in [-0.25, -0.2) is 0 Å². The van der Waals surface area contributed by atoms with Crippen molar-refractivity contribution in [3.05, 3.63) is 0 Å². The summed E-state index contributed by atoms with van der Waals surface area (Å²) in [6, 6.07) is 0. The van der Waals surface area contributed by atoms with E-state index in [1.807, 2.05) is 0 Å². The minimum absolute atomic E-state index is 0. The van der Waals surface area contributed by atoms with E-state index in [9.17, 15) is 0 Å². The van der Waals surface area contributed by atoms with Crippen LogP contribution in [0.1, 0.15) is 0 Å². The van der Waals surface area contributed by atoms with Crippen LogP contribution in [0.15, 0.2) is 0 Å². The molecule has 6 heteroatoms. The largest absolute Gasteiger partial charge is 0.368 e. The van der Waals surface area contributed by atoms with Crippen LogP contribution < -0.4 is 30.4 Å². The van der Waals surface area contributed by atoms with E-state index in [4.69, 9.17) is 13.7 Å². The van der Waals surface area contributed by atoms with Crippen molar-refractivity contribution in [3.63, 3.8) is 0 Å². The van der Waals surface area contributed by atoms with Crippen molar-refractivity contribution < 1.29 is 50.9 Å². The number of halogens is 1.